The first-order valence-corrected chi connectivity index (χ1v) is 7.57. The molecule has 108 valence electrons. The fourth-order valence-electron chi connectivity index (χ4n) is 2.05. The second kappa shape index (κ2) is 5.65. The van der Waals surface area contributed by atoms with Crippen LogP contribution in [0.2, 0.25) is 0 Å². The van der Waals surface area contributed by atoms with Gasteiger partial charge in [-0.2, -0.15) is 0 Å². The predicted octanol–water partition coefficient (Wildman–Crippen LogP) is 2.58. The molecule has 6 heteroatoms. The molecule has 2 aromatic rings. The van der Waals surface area contributed by atoms with Crippen LogP contribution < -0.4 is 5.32 Å². The van der Waals surface area contributed by atoms with E-state index in [1.54, 1.807) is 35.7 Å². The van der Waals surface area contributed by atoms with Gasteiger partial charge in [0.1, 0.15) is 5.69 Å². The molecule has 1 atom stereocenters. The van der Waals surface area contributed by atoms with Crippen molar-refractivity contribution < 1.29 is 14.7 Å². The molecule has 0 aliphatic heterocycles. The second-order valence-corrected chi connectivity index (χ2v) is 5.89. The lowest BCUT2D eigenvalue weighted by atomic mass is 10.1. The van der Waals surface area contributed by atoms with E-state index in [0.29, 0.717) is 17.2 Å². The van der Waals surface area contributed by atoms with Crippen molar-refractivity contribution in [2.24, 2.45) is 0 Å². The lowest BCUT2D eigenvalue weighted by molar-refractivity contribution is -0.139. The van der Waals surface area contributed by atoms with Gasteiger partial charge in [0.15, 0.2) is 6.04 Å². The second-order valence-electron chi connectivity index (χ2n) is 5.00. The summed E-state index contributed by atoms with van der Waals surface area (Å²) < 4.78 is 0. The zero-order valence-corrected chi connectivity index (χ0v) is 12.0. The van der Waals surface area contributed by atoms with Gasteiger partial charge in [-0.25, -0.2) is 9.78 Å². The largest absolute Gasteiger partial charge is 0.479 e. The number of aliphatic carboxylic acids is 1. The van der Waals surface area contributed by atoms with Gasteiger partial charge in [-0.05, 0) is 18.4 Å². The highest BCUT2D eigenvalue weighted by atomic mass is 32.1. The number of carbonyl (C=O) groups is 2. The van der Waals surface area contributed by atoms with Gasteiger partial charge < -0.3 is 10.4 Å². The number of amides is 1. The Kier molecular flexibility index (Phi) is 3.70. The Morgan fingerprint density at radius 1 is 1.29 bits per heavy atom. The average molecular weight is 302 g/mol. The Labute approximate surface area is 125 Å². The summed E-state index contributed by atoms with van der Waals surface area (Å²) in [4.78, 5) is 27.8. The smallest absolute Gasteiger partial charge is 0.330 e. The Morgan fingerprint density at radius 3 is 2.62 bits per heavy atom. The standard InChI is InChI=1S/C15H14N2O3S/c18-13(11-8-21-14(16-11)10-6-7-10)17-12(15(19)20)9-4-2-1-3-5-9/h1-5,8,10,12H,6-7H2,(H,17,18)(H,19,20)/t12-/m1/s1. The molecule has 0 bridgehead atoms. The van der Waals surface area contributed by atoms with E-state index in [9.17, 15) is 14.7 Å². The number of thiazole rings is 1. The molecule has 1 aliphatic rings. The third kappa shape index (κ3) is 3.11. The van der Waals surface area contributed by atoms with Crippen LogP contribution in [0.5, 0.6) is 0 Å². The summed E-state index contributed by atoms with van der Waals surface area (Å²) in [5, 5.41) is 14.5. The molecular formula is C15H14N2O3S. The SMILES string of the molecule is O=C(N[C@@H](C(=O)O)c1ccccc1)c1csc(C2CC2)n1. The summed E-state index contributed by atoms with van der Waals surface area (Å²) in [6, 6.07) is 7.57. The minimum atomic E-state index is -1.09. The van der Waals surface area contributed by atoms with E-state index in [0.717, 1.165) is 17.8 Å². The summed E-state index contributed by atoms with van der Waals surface area (Å²) in [7, 11) is 0. The summed E-state index contributed by atoms with van der Waals surface area (Å²) >= 11 is 1.46. The quantitative estimate of drug-likeness (QED) is 0.889. The monoisotopic (exact) mass is 302 g/mol. The first kappa shape index (κ1) is 13.8. The minimum Gasteiger partial charge on any atom is -0.479 e. The van der Waals surface area contributed by atoms with E-state index >= 15 is 0 Å². The fraction of sp³-hybridized carbons (Fsp3) is 0.267. The number of carbonyl (C=O) groups excluding carboxylic acids is 1. The Morgan fingerprint density at radius 2 is 2.00 bits per heavy atom. The molecule has 1 aromatic carbocycles. The number of hydrogen-bond acceptors (Lipinski definition) is 4. The number of nitrogens with zero attached hydrogens (tertiary/aromatic N) is 1. The van der Waals surface area contributed by atoms with Crippen molar-refractivity contribution >= 4 is 23.2 Å². The molecule has 2 N–H and O–H groups in total. The molecule has 21 heavy (non-hydrogen) atoms. The maximum atomic E-state index is 12.2. The van der Waals surface area contributed by atoms with Crippen LogP contribution >= 0.6 is 11.3 Å². The maximum absolute atomic E-state index is 12.2. The van der Waals surface area contributed by atoms with Crippen LogP contribution in [0.4, 0.5) is 0 Å². The van der Waals surface area contributed by atoms with Crippen molar-refractivity contribution in [3.63, 3.8) is 0 Å². The van der Waals surface area contributed by atoms with Crippen molar-refractivity contribution in [2.75, 3.05) is 0 Å². The van der Waals surface area contributed by atoms with E-state index in [-0.39, 0.29) is 0 Å². The molecule has 1 aromatic heterocycles. The van der Waals surface area contributed by atoms with E-state index in [1.165, 1.54) is 11.3 Å². The molecule has 3 rings (SSSR count). The molecule has 0 radical (unpaired) electrons. The van der Waals surface area contributed by atoms with E-state index in [1.807, 2.05) is 0 Å². The zero-order chi connectivity index (χ0) is 14.8. The summed E-state index contributed by atoms with van der Waals surface area (Å²) in [5.41, 5.74) is 0.833. The first-order valence-electron chi connectivity index (χ1n) is 6.69. The van der Waals surface area contributed by atoms with E-state index in [4.69, 9.17) is 0 Å². The van der Waals surface area contributed by atoms with Crippen molar-refractivity contribution in [2.45, 2.75) is 24.8 Å². The van der Waals surface area contributed by atoms with Gasteiger partial charge in [-0.15, -0.1) is 11.3 Å². The van der Waals surface area contributed by atoms with Crippen LogP contribution in [-0.4, -0.2) is 22.0 Å². The maximum Gasteiger partial charge on any atom is 0.330 e. The van der Waals surface area contributed by atoms with Crippen LogP contribution in [-0.2, 0) is 4.79 Å². The van der Waals surface area contributed by atoms with Gasteiger partial charge in [0, 0.05) is 11.3 Å². The van der Waals surface area contributed by atoms with Gasteiger partial charge >= 0.3 is 5.97 Å². The molecule has 0 saturated heterocycles. The van der Waals surface area contributed by atoms with Crippen molar-refractivity contribution in [1.82, 2.24) is 10.3 Å². The topological polar surface area (TPSA) is 79.3 Å². The van der Waals surface area contributed by atoms with Crippen molar-refractivity contribution in [1.29, 1.82) is 0 Å². The third-order valence-corrected chi connectivity index (χ3v) is 4.34. The minimum absolute atomic E-state index is 0.295. The molecule has 1 heterocycles. The van der Waals surface area contributed by atoms with Crippen LogP contribution in [0, 0.1) is 0 Å². The summed E-state index contributed by atoms with van der Waals surface area (Å²) in [6.45, 7) is 0. The molecule has 1 aliphatic carbocycles. The van der Waals surface area contributed by atoms with Gasteiger partial charge in [0.05, 0.1) is 5.01 Å². The number of carboxylic acid groups (broad SMARTS) is 1. The number of rotatable bonds is 5. The zero-order valence-electron chi connectivity index (χ0n) is 11.2. The molecule has 1 amide bonds. The molecule has 5 nitrogen and oxygen atoms in total. The van der Waals surface area contributed by atoms with Crippen LogP contribution in [0.3, 0.4) is 0 Å². The highest BCUT2D eigenvalue weighted by Crippen LogP contribution is 2.41. The number of nitrogens with one attached hydrogen (secondary N) is 1. The number of carboxylic acids is 1. The predicted molar refractivity (Wildman–Crippen MR) is 78.4 cm³/mol. The van der Waals surface area contributed by atoms with E-state index in [2.05, 4.69) is 10.3 Å². The van der Waals surface area contributed by atoms with Gasteiger partial charge in [-0.1, -0.05) is 30.3 Å². The Hall–Kier alpha value is -2.21. The lowest BCUT2D eigenvalue weighted by Crippen LogP contribution is -2.33. The highest BCUT2D eigenvalue weighted by molar-refractivity contribution is 7.10. The van der Waals surface area contributed by atoms with E-state index < -0.39 is 17.9 Å². The molecule has 0 spiro atoms. The molecular weight excluding hydrogens is 288 g/mol. The number of aromatic nitrogens is 1. The number of hydrogen-bond donors (Lipinski definition) is 2. The fourth-order valence-corrected chi connectivity index (χ4v) is 3.02. The summed E-state index contributed by atoms with van der Waals surface area (Å²) in [5.74, 6) is -1.05. The van der Waals surface area contributed by atoms with Crippen molar-refractivity contribution in [3.05, 3.63) is 52.0 Å². The number of benzene rings is 1. The van der Waals surface area contributed by atoms with Gasteiger partial charge in [0.2, 0.25) is 0 Å². The van der Waals surface area contributed by atoms with Crippen molar-refractivity contribution in [3.8, 4) is 0 Å². The summed E-state index contributed by atoms with van der Waals surface area (Å²) in [6.07, 6.45) is 2.24. The lowest BCUT2D eigenvalue weighted by Gasteiger charge is -2.13. The van der Waals surface area contributed by atoms with Gasteiger partial charge in [-0.3, -0.25) is 4.79 Å². The molecule has 1 saturated carbocycles. The molecule has 1 fully saturated rings. The van der Waals surface area contributed by atoms with Crippen LogP contribution in [0.1, 0.15) is 45.9 Å². The van der Waals surface area contributed by atoms with Crippen LogP contribution in [0.25, 0.3) is 0 Å². The molecule has 0 unspecified atom stereocenters. The van der Waals surface area contributed by atoms with Crippen LogP contribution in [0.15, 0.2) is 35.7 Å². The Bertz CT molecular complexity index is 665. The third-order valence-electron chi connectivity index (χ3n) is 3.34. The Balaban J connectivity index is 1.75. The van der Waals surface area contributed by atoms with Gasteiger partial charge in [0.25, 0.3) is 5.91 Å². The highest BCUT2D eigenvalue weighted by Gasteiger charge is 2.28. The normalized spacial score (nSPS) is 15.4. The first-order chi connectivity index (χ1) is 10.1. The average Bonchev–Trinajstić information content (AvgIpc) is 3.22.